The first-order valence-electron chi connectivity index (χ1n) is 6.31. The average molecular weight is 345 g/mol. The molecule has 0 spiro atoms. The van der Waals surface area contributed by atoms with Gasteiger partial charge in [0.1, 0.15) is 0 Å². The van der Waals surface area contributed by atoms with Crippen molar-refractivity contribution in [2.24, 2.45) is 0 Å². The number of hydrogen-bond acceptors (Lipinski definition) is 3. The Morgan fingerprint density at radius 2 is 2.14 bits per heavy atom. The van der Waals surface area contributed by atoms with Gasteiger partial charge in [-0.25, -0.2) is 9.78 Å². The molecule has 2 aromatic rings. The van der Waals surface area contributed by atoms with Crippen LogP contribution in [0.4, 0.5) is 0 Å². The highest BCUT2D eigenvalue weighted by molar-refractivity contribution is 7.99. The van der Waals surface area contributed by atoms with Crippen molar-refractivity contribution >= 4 is 40.9 Å². The standard InChI is InChI=1S/C14H14Cl2N2O2S/c1-3-21-14-17-8(2)12(13(19)20)18(14)7-9-6-10(15)4-5-11(9)16/h4-6H,3,7H2,1-2H3,(H,19,20). The number of nitrogens with zero attached hydrogens (tertiary/aromatic N) is 2. The second-order valence-corrected chi connectivity index (χ2v) is 6.46. The van der Waals surface area contributed by atoms with Gasteiger partial charge < -0.3 is 9.67 Å². The van der Waals surface area contributed by atoms with E-state index < -0.39 is 5.97 Å². The SMILES string of the molecule is CCSc1nc(C)c(C(=O)O)n1Cc1cc(Cl)ccc1Cl. The maximum Gasteiger partial charge on any atom is 0.354 e. The molecule has 0 atom stereocenters. The molecule has 7 heteroatoms. The molecule has 0 bridgehead atoms. The molecule has 4 nitrogen and oxygen atoms in total. The summed E-state index contributed by atoms with van der Waals surface area (Å²) in [4.78, 5) is 15.8. The first kappa shape index (κ1) is 16.2. The highest BCUT2D eigenvalue weighted by Crippen LogP contribution is 2.26. The van der Waals surface area contributed by atoms with E-state index in [1.165, 1.54) is 11.8 Å². The molecule has 0 aliphatic heterocycles. The smallest absolute Gasteiger partial charge is 0.354 e. The van der Waals surface area contributed by atoms with Crippen LogP contribution in [0.5, 0.6) is 0 Å². The fraction of sp³-hybridized carbons (Fsp3) is 0.286. The van der Waals surface area contributed by atoms with Crippen LogP contribution in [0, 0.1) is 6.92 Å². The van der Waals surface area contributed by atoms with Gasteiger partial charge in [-0.15, -0.1) is 0 Å². The summed E-state index contributed by atoms with van der Waals surface area (Å²) in [5.41, 5.74) is 1.45. The van der Waals surface area contributed by atoms with Gasteiger partial charge in [-0.05, 0) is 36.4 Å². The first-order valence-corrected chi connectivity index (χ1v) is 8.05. The van der Waals surface area contributed by atoms with Crippen LogP contribution >= 0.6 is 35.0 Å². The van der Waals surface area contributed by atoms with Gasteiger partial charge in [-0.2, -0.15) is 0 Å². The molecule has 0 saturated heterocycles. The Morgan fingerprint density at radius 3 is 2.76 bits per heavy atom. The van der Waals surface area contributed by atoms with Crippen molar-refractivity contribution < 1.29 is 9.90 Å². The van der Waals surface area contributed by atoms with E-state index in [2.05, 4.69) is 4.98 Å². The molecule has 0 radical (unpaired) electrons. The minimum atomic E-state index is -0.999. The molecule has 2 rings (SSSR count). The predicted octanol–water partition coefficient (Wildman–Crippen LogP) is 4.36. The van der Waals surface area contributed by atoms with E-state index in [9.17, 15) is 9.90 Å². The van der Waals surface area contributed by atoms with Gasteiger partial charge in [-0.1, -0.05) is 41.9 Å². The van der Waals surface area contributed by atoms with Crippen LogP contribution in [0.2, 0.25) is 10.0 Å². The van der Waals surface area contributed by atoms with Crippen molar-refractivity contribution in [1.29, 1.82) is 0 Å². The van der Waals surface area contributed by atoms with Crippen molar-refractivity contribution in [2.75, 3.05) is 5.75 Å². The van der Waals surface area contributed by atoms with E-state index in [0.29, 0.717) is 27.4 Å². The third-order valence-electron chi connectivity index (χ3n) is 2.92. The Hall–Kier alpha value is -1.17. The van der Waals surface area contributed by atoms with Crippen LogP contribution in [-0.4, -0.2) is 26.4 Å². The number of carboxylic acids is 1. The zero-order valence-electron chi connectivity index (χ0n) is 11.6. The van der Waals surface area contributed by atoms with Crippen molar-refractivity contribution in [2.45, 2.75) is 25.5 Å². The predicted molar refractivity (Wildman–Crippen MR) is 85.9 cm³/mol. The van der Waals surface area contributed by atoms with Gasteiger partial charge in [0.25, 0.3) is 0 Å². The lowest BCUT2D eigenvalue weighted by molar-refractivity contribution is 0.0684. The van der Waals surface area contributed by atoms with Crippen LogP contribution in [0.1, 0.15) is 28.7 Å². The molecule has 0 fully saturated rings. The van der Waals surface area contributed by atoms with Gasteiger partial charge in [0.2, 0.25) is 0 Å². The van der Waals surface area contributed by atoms with E-state index in [1.54, 1.807) is 29.7 Å². The molecule has 21 heavy (non-hydrogen) atoms. The largest absolute Gasteiger partial charge is 0.477 e. The lowest BCUT2D eigenvalue weighted by Gasteiger charge is -2.11. The number of thioether (sulfide) groups is 1. The van der Waals surface area contributed by atoms with Crippen LogP contribution in [0.3, 0.4) is 0 Å². The number of halogens is 2. The Kier molecular flexibility index (Phi) is 5.19. The van der Waals surface area contributed by atoms with E-state index in [4.69, 9.17) is 23.2 Å². The number of aromatic carboxylic acids is 1. The highest BCUT2D eigenvalue weighted by atomic mass is 35.5. The minimum Gasteiger partial charge on any atom is -0.477 e. The number of carboxylic acid groups (broad SMARTS) is 1. The van der Waals surface area contributed by atoms with E-state index in [1.807, 2.05) is 6.92 Å². The Balaban J connectivity index is 2.51. The lowest BCUT2D eigenvalue weighted by atomic mass is 10.2. The van der Waals surface area contributed by atoms with Crippen LogP contribution in [0.15, 0.2) is 23.4 Å². The van der Waals surface area contributed by atoms with Crippen LogP contribution < -0.4 is 0 Å². The maximum atomic E-state index is 11.5. The summed E-state index contributed by atoms with van der Waals surface area (Å²) >= 11 is 13.7. The number of rotatable bonds is 5. The number of hydrogen-bond donors (Lipinski definition) is 1. The molecule has 0 aliphatic rings. The third-order valence-corrected chi connectivity index (χ3v) is 4.38. The van der Waals surface area contributed by atoms with Gasteiger partial charge in [0.05, 0.1) is 12.2 Å². The molecule has 0 unspecified atom stereocenters. The molecule has 0 saturated carbocycles. The Bertz CT molecular complexity index is 686. The lowest BCUT2D eigenvalue weighted by Crippen LogP contribution is -2.12. The molecule has 1 N–H and O–H groups in total. The fourth-order valence-corrected chi connectivity index (χ4v) is 3.18. The monoisotopic (exact) mass is 344 g/mol. The van der Waals surface area contributed by atoms with Gasteiger partial charge in [0, 0.05) is 10.0 Å². The highest BCUT2D eigenvalue weighted by Gasteiger charge is 2.20. The summed E-state index contributed by atoms with van der Waals surface area (Å²) in [6, 6.07) is 5.15. The molecule has 112 valence electrons. The molecule has 1 heterocycles. The fourth-order valence-electron chi connectivity index (χ4n) is 2.04. The van der Waals surface area contributed by atoms with Crippen LogP contribution in [0.25, 0.3) is 0 Å². The summed E-state index contributed by atoms with van der Waals surface area (Å²) in [6.07, 6.45) is 0. The minimum absolute atomic E-state index is 0.182. The molecule has 0 amide bonds. The van der Waals surface area contributed by atoms with Gasteiger partial charge in [0.15, 0.2) is 10.9 Å². The number of aryl methyl sites for hydroxylation is 1. The van der Waals surface area contributed by atoms with E-state index >= 15 is 0 Å². The summed E-state index contributed by atoms with van der Waals surface area (Å²) in [5, 5.41) is 11.2. The maximum absolute atomic E-state index is 11.5. The summed E-state index contributed by atoms with van der Waals surface area (Å²) < 4.78 is 1.67. The summed E-state index contributed by atoms with van der Waals surface area (Å²) in [5.74, 6) is -0.195. The number of benzene rings is 1. The van der Waals surface area contributed by atoms with Crippen molar-refractivity contribution in [3.8, 4) is 0 Å². The van der Waals surface area contributed by atoms with Gasteiger partial charge >= 0.3 is 5.97 Å². The number of carbonyl (C=O) groups is 1. The molecule has 0 aliphatic carbocycles. The zero-order valence-corrected chi connectivity index (χ0v) is 13.9. The summed E-state index contributed by atoms with van der Waals surface area (Å²) in [7, 11) is 0. The Morgan fingerprint density at radius 1 is 1.43 bits per heavy atom. The van der Waals surface area contributed by atoms with Crippen molar-refractivity contribution in [1.82, 2.24) is 9.55 Å². The molecule has 1 aromatic heterocycles. The second kappa shape index (κ2) is 6.73. The van der Waals surface area contributed by atoms with E-state index in [-0.39, 0.29) is 5.69 Å². The molecular weight excluding hydrogens is 331 g/mol. The topological polar surface area (TPSA) is 55.1 Å². The molecule has 1 aromatic carbocycles. The van der Waals surface area contributed by atoms with Gasteiger partial charge in [-0.3, -0.25) is 0 Å². The zero-order chi connectivity index (χ0) is 15.6. The third kappa shape index (κ3) is 3.54. The van der Waals surface area contributed by atoms with Crippen molar-refractivity contribution in [3.05, 3.63) is 45.2 Å². The van der Waals surface area contributed by atoms with Crippen LogP contribution in [-0.2, 0) is 6.54 Å². The second-order valence-electron chi connectivity index (χ2n) is 4.39. The number of imidazole rings is 1. The molecular formula is C14H14Cl2N2O2S. The van der Waals surface area contributed by atoms with E-state index in [0.717, 1.165) is 11.3 Å². The quantitative estimate of drug-likeness (QED) is 0.818. The number of aromatic nitrogens is 2. The Labute approximate surface area is 137 Å². The normalized spacial score (nSPS) is 10.9. The summed E-state index contributed by atoms with van der Waals surface area (Å²) in [6.45, 7) is 4.01. The first-order chi connectivity index (χ1) is 9.93. The average Bonchev–Trinajstić information content (AvgIpc) is 2.70. The van der Waals surface area contributed by atoms with Crippen molar-refractivity contribution in [3.63, 3.8) is 0 Å².